The highest BCUT2D eigenvalue weighted by molar-refractivity contribution is 5.79. The zero-order valence-corrected chi connectivity index (χ0v) is 14.2. The Bertz CT molecular complexity index is 575. The summed E-state index contributed by atoms with van der Waals surface area (Å²) in [5.41, 5.74) is 0.841. The Morgan fingerprint density at radius 3 is 3.00 bits per heavy atom. The fraction of sp³-hybridized carbons (Fsp3) is 0.684. The molecule has 2 aliphatic heterocycles. The average molecular weight is 330 g/mol. The van der Waals surface area contributed by atoms with Crippen molar-refractivity contribution in [1.29, 1.82) is 0 Å². The van der Waals surface area contributed by atoms with E-state index in [1.54, 1.807) is 12.4 Å². The Labute approximate surface area is 143 Å². The molecule has 1 aromatic rings. The molecule has 0 aromatic carbocycles. The number of amides is 1. The second kappa shape index (κ2) is 6.81. The van der Waals surface area contributed by atoms with Crippen LogP contribution in [0.4, 0.5) is 0 Å². The zero-order valence-electron chi connectivity index (χ0n) is 14.2. The van der Waals surface area contributed by atoms with Crippen molar-refractivity contribution < 1.29 is 14.3 Å². The van der Waals surface area contributed by atoms with Crippen molar-refractivity contribution in [3.63, 3.8) is 0 Å². The van der Waals surface area contributed by atoms with Gasteiger partial charge in [-0.3, -0.25) is 9.78 Å². The molecule has 1 aromatic heterocycles. The van der Waals surface area contributed by atoms with Gasteiger partial charge in [-0.2, -0.15) is 0 Å². The highest BCUT2D eigenvalue weighted by Gasteiger charge is 2.45. The van der Waals surface area contributed by atoms with Gasteiger partial charge in [0.2, 0.25) is 5.91 Å². The molecule has 2 unspecified atom stereocenters. The van der Waals surface area contributed by atoms with E-state index in [9.17, 15) is 4.79 Å². The van der Waals surface area contributed by atoms with Gasteiger partial charge in [-0.15, -0.1) is 0 Å². The molecule has 0 bridgehead atoms. The van der Waals surface area contributed by atoms with Gasteiger partial charge in [0.05, 0.1) is 24.7 Å². The number of pyridine rings is 1. The number of carbonyl (C=O) groups is 1. The average Bonchev–Trinajstić information content (AvgIpc) is 3.36. The molecule has 3 aliphatic rings. The summed E-state index contributed by atoms with van der Waals surface area (Å²) in [6.45, 7) is 3.11. The second-order valence-corrected chi connectivity index (χ2v) is 7.55. The number of hydrogen-bond acceptors (Lipinski definition) is 4. The lowest BCUT2D eigenvalue weighted by atomic mass is 9.89. The Morgan fingerprint density at radius 2 is 2.21 bits per heavy atom. The standard InChI is InChI=1S/C19H26N2O3/c22-18(10-15-4-7-20-8-5-15)21-9-1-6-19(14-21)11-17(13-24-19)23-12-16-2-3-16/h4-5,7-8,16-17H,1-3,6,9-14H2. The van der Waals surface area contributed by atoms with Crippen LogP contribution in [0.5, 0.6) is 0 Å². The molecule has 1 amide bonds. The Hall–Kier alpha value is -1.46. The maximum atomic E-state index is 12.6. The molecular weight excluding hydrogens is 304 g/mol. The van der Waals surface area contributed by atoms with Crippen molar-refractivity contribution in [2.75, 3.05) is 26.3 Å². The van der Waals surface area contributed by atoms with Crippen molar-refractivity contribution in [1.82, 2.24) is 9.88 Å². The number of hydrogen-bond donors (Lipinski definition) is 0. The second-order valence-electron chi connectivity index (χ2n) is 7.55. The number of ether oxygens (including phenoxy) is 2. The number of piperidine rings is 1. The van der Waals surface area contributed by atoms with Gasteiger partial charge in [0, 0.05) is 38.5 Å². The molecular formula is C19H26N2O3. The predicted octanol–water partition coefficient (Wildman–Crippen LogP) is 2.20. The summed E-state index contributed by atoms with van der Waals surface area (Å²) in [4.78, 5) is 18.6. The van der Waals surface area contributed by atoms with E-state index in [0.717, 1.165) is 43.9 Å². The van der Waals surface area contributed by atoms with E-state index in [1.165, 1.54) is 12.8 Å². The molecule has 1 saturated carbocycles. The van der Waals surface area contributed by atoms with Gasteiger partial charge >= 0.3 is 0 Å². The first-order valence-electron chi connectivity index (χ1n) is 9.15. The van der Waals surface area contributed by atoms with Crippen LogP contribution < -0.4 is 0 Å². The first-order valence-corrected chi connectivity index (χ1v) is 9.15. The first kappa shape index (κ1) is 16.0. The van der Waals surface area contributed by atoms with Gasteiger partial charge in [0.15, 0.2) is 0 Å². The molecule has 4 rings (SSSR count). The third kappa shape index (κ3) is 3.78. The smallest absolute Gasteiger partial charge is 0.227 e. The monoisotopic (exact) mass is 330 g/mol. The molecule has 3 fully saturated rings. The fourth-order valence-electron chi connectivity index (χ4n) is 3.85. The van der Waals surface area contributed by atoms with E-state index in [2.05, 4.69) is 4.98 Å². The molecule has 2 atom stereocenters. The summed E-state index contributed by atoms with van der Waals surface area (Å²) < 4.78 is 12.2. The highest BCUT2D eigenvalue weighted by atomic mass is 16.6. The lowest BCUT2D eigenvalue weighted by molar-refractivity contribution is -0.138. The van der Waals surface area contributed by atoms with E-state index >= 15 is 0 Å². The van der Waals surface area contributed by atoms with Crippen molar-refractivity contribution in [2.45, 2.75) is 50.2 Å². The molecule has 5 heteroatoms. The number of nitrogens with zero attached hydrogens (tertiary/aromatic N) is 2. The Morgan fingerprint density at radius 1 is 1.38 bits per heavy atom. The quantitative estimate of drug-likeness (QED) is 0.830. The summed E-state index contributed by atoms with van der Waals surface area (Å²) in [5, 5.41) is 0. The van der Waals surface area contributed by atoms with E-state index in [4.69, 9.17) is 9.47 Å². The van der Waals surface area contributed by atoms with Crippen molar-refractivity contribution >= 4 is 5.91 Å². The van der Waals surface area contributed by atoms with Crippen LogP contribution in [-0.2, 0) is 20.7 Å². The number of rotatable bonds is 5. The maximum Gasteiger partial charge on any atom is 0.227 e. The van der Waals surface area contributed by atoms with Crippen LogP contribution in [-0.4, -0.2) is 53.8 Å². The minimum absolute atomic E-state index is 0.180. The van der Waals surface area contributed by atoms with Crippen molar-refractivity contribution in [3.8, 4) is 0 Å². The zero-order chi connectivity index (χ0) is 16.4. The normalized spacial score (nSPS) is 30.0. The van der Waals surface area contributed by atoms with E-state index in [-0.39, 0.29) is 17.6 Å². The third-order valence-corrected chi connectivity index (χ3v) is 5.44. The summed E-state index contributed by atoms with van der Waals surface area (Å²) >= 11 is 0. The molecule has 0 radical (unpaired) electrons. The molecule has 130 valence electrons. The van der Waals surface area contributed by atoms with Crippen LogP contribution in [0.1, 0.15) is 37.7 Å². The number of likely N-dealkylation sites (tertiary alicyclic amines) is 1. The Balaban J connectivity index is 1.32. The van der Waals surface area contributed by atoms with Gasteiger partial charge < -0.3 is 14.4 Å². The van der Waals surface area contributed by atoms with Gasteiger partial charge in [-0.25, -0.2) is 0 Å². The van der Waals surface area contributed by atoms with Crippen LogP contribution in [0.2, 0.25) is 0 Å². The summed E-state index contributed by atoms with van der Waals surface area (Å²) in [7, 11) is 0. The van der Waals surface area contributed by atoms with Gasteiger partial charge in [0.25, 0.3) is 0 Å². The third-order valence-electron chi connectivity index (χ3n) is 5.44. The van der Waals surface area contributed by atoms with Crippen molar-refractivity contribution in [2.24, 2.45) is 5.92 Å². The van der Waals surface area contributed by atoms with Crippen LogP contribution in [0.25, 0.3) is 0 Å². The van der Waals surface area contributed by atoms with Crippen LogP contribution in [0.3, 0.4) is 0 Å². The molecule has 1 aliphatic carbocycles. The molecule has 3 heterocycles. The minimum Gasteiger partial charge on any atom is -0.375 e. The predicted molar refractivity (Wildman–Crippen MR) is 89.5 cm³/mol. The summed E-state index contributed by atoms with van der Waals surface area (Å²) in [6, 6.07) is 3.82. The number of carbonyl (C=O) groups excluding carboxylic acids is 1. The fourth-order valence-corrected chi connectivity index (χ4v) is 3.85. The highest BCUT2D eigenvalue weighted by Crippen LogP contribution is 2.37. The Kier molecular flexibility index (Phi) is 4.55. The number of aromatic nitrogens is 1. The van der Waals surface area contributed by atoms with Gasteiger partial charge in [-0.05, 0) is 49.3 Å². The lowest BCUT2D eigenvalue weighted by Gasteiger charge is -2.39. The molecule has 24 heavy (non-hydrogen) atoms. The summed E-state index contributed by atoms with van der Waals surface area (Å²) in [5.74, 6) is 0.970. The SMILES string of the molecule is O=C(Cc1ccncc1)N1CCCC2(CC(OCC3CC3)CO2)C1. The summed E-state index contributed by atoms with van der Waals surface area (Å²) in [6.07, 6.45) is 9.74. The van der Waals surface area contributed by atoms with Gasteiger partial charge in [-0.1, -0.05) is 0 Å². The first-order chi connectivity index (χ1) is 11.7. The van der Waals surface area contributed by atoms with Crippen LogP contribution in [0.15, 0.2) is 24.5 Å². The van der Waals surface area contributed by atoms with E-state index in [1.807, 2.05) is 17.0 Å². The maximum absolute atomic E-state index is 12.6. The van der Waals surface area contributed by atoms with Crippen LogP contribution in [0, 0.1) is 5.92 Å². The minimum atomic E-state index is -0.180. The van der Waals surface area contributed by atoms with Crippen molar-refractivity contribution in [3.05, 3.63) is 30.1 Å². The molecule has 0 N–H and O–H groups in total. The molecule has 5 nitrogen and oxygen atoms in total. The molecule has 2 saturated heterocycles. The van der Waals surface area contributed by atoms with E-state index < -0.39 is 0 Å². The van der Waals surface area contributed by atoms with Gasteiger partial charge in [0.1, 0.15) is 0 Å². The lowest BCUT2D eigenvalue weighted by Crippen LogP contribution is -2.50. The van der Waals surface area contributed by atoms with Crippen LogP contribution >= 0.6 is 0 Å². The topological polar surface area (TPSA) is 51.7 Å². The molecule has 1 spiro atoms. The van der Waals surface area contributed by atoms with E-state index in [0.29, 0.717) is 19.6 Å². The largest absolute Gasteiger partial charge is 0.375 e.